The molecule has 1 heterocycles. The van der Waals surface area contributed by atoms with Crippen LogP contribution in [0.15, 0.2) is 65.1 Å². The molecule has 31 heavy (non-hydrogen) atoms. The standard InChI is InChI=1S/C23H18BrCl2NO3S/c1-29-20-11-15(10-19(24)22(20)30-12-14-3-2-4-17(26)9-14)23-27(21(28)13-31-23)18-7-5-16(25)6-8-18/h2-11,23H,12-13H2,1H3/t23-/m0/s1. The van der Waals surface area contributed by atoms with Crippen molar-refractivity contribution in [1.82, 2.24) is 0 Å². The van der Waals surface area contributed by atoms with E-state index in [9.17, 15) is 4.79 Å². The first-order valence-corrected chi connectivity index (χ1v) is 12.0. The summed E-state index contributed by atoms with van der Waals surface area (Å²) in [5.41, 5.74) is 2.70. The van der Waals surface area contributed by atoms with E-state index >= 15 is 0 Å². The fraction of sp³-hybridized carbons (Fsp3) is 0.174. The van der Waals surface area contributed by atoms with Gasteiger partial charge in [-0.1, -0.05) is 35.3 Å². The zero-order chi connectivity index (χ0) is 22.0. The molecule has 0 aromatic heterocycles. The van der Waals surface area contributed by atoms with Gasteiger partial charge in [0.15, 0.2) is 11.5 Å². The Balaban J connectivity index is 1.62. The number of methoxy groups -OCH3 is 1. The largest absolute Gasteiger partial charge is 0.493 e. The fourth-order valence-corrected chi connectivity index (χ4v) is 5.43. The van der Waals surface area contributed by atoms with Crippen molar-refractivity contribution in [3.8, 4) is 11.5 Å². The van der Waals surface area contributed by atoms with Crippen molar-refractivity contribution in [3.05, 3.63) is 86.3 Å². The third-order valence-electron chi connectivity index (χ3n) is 4.78. The lowest BCUT2D eigenvalue weighted by atomic mass is 10.1. The number of carbonyl (C=O) groups is 1. The zero-order valence-electron chi connectivity index (χ0n) is 16.5. The number of carbonyl (C=O) groups excluding carboxylic acids is 1. The van der Waals surface area contributed by atoms with Gasteiger partial charge in [0.1, 0.15) is 12.0 Å². The molecule has 0 spiro atoms. The van der Waals surface area contributed by atoms with Crippen LogP contribution in [0.4, 0.5) is 5.69 Å². The Labute approximate surface area is 203 Å². The van der Waals surface area contributed by atoms with Crippen molar-refractivity contribution in [2.75, 3.05) is 17.8 Å². The Morgan fingerprint density at radius 1 is 1.10 bits per heavy atom. The molecule has 0 N–H and O–H groups in total. The molecule has 1 aliphatic heterocycles. The maximum absolute atomic E-state index is 12.6. The molecule has 0 aliphatic carbocycles. The van der Waals surface area contributed by atoms with Gasteiger partial charge in [0, 0.05) is 15.7 Å². The van der Waals surface area contributed by atoms with Gasteiger partial charge in [0.05, 0.1) is 17.3 Å². The molecule has 1 atom stereocenters. The first kappa shape index (κ1) is 22.3. The Hall–Kier alpha value is -1.86. The highest BCUT2D eigenvalue weighted by Crippen LogP contribution is 2.46. The summed E-state index contributed by atoms with van der Waals surface area (Å²) in [5.74, 6) is 1.63. The molecule has 0 radical (unpaired) electrons. The fourth-order valence-electron chi connectivity index (χ4n) is 3.36. The van der Waals surface area contributed by atoms with Crippen molar-refractivity contribution in [2.45, 2.75) is 12.0 Å². The second-order valence-electron chi connectivity index (χ2n) is 6.86. The van der Waals surface area contributed by atoms with Crippen molar-refractivity contribution >= 4 is 62.5 Å². The second-order valence-corrected chi connectivity index (χ2v) is 9.65. The first-order valence-electron chi connectivity index (χ1n) is 9.40. The average Bonchev–Trinajstić information content (AvgIpc) is 3.14. The van der Waals surface area contributed by atoms with Gasteiger partial charge in [-0.2, -0.15) is 0 Å². The maximum atomic E-state index is 12.6. The van der Waals surface area contributed by atoms with E-state index in [4.69, 9.17) is 32.7 Å². The van der Waals surface area contributed by atoms with Gasteiger partial charge in [-0.25, -0.2) is 0 Å². The van der Waals surface area contributed by atoms with Crippen LogP contribution in [0, 0.1) is 0 Å². The molecule has 1 saturated heterocycles. The van der Waals surface area contributed by atoms with Crippen LogP contribution in [-0.2, 0) is 11.4 Å². The van der Waals surface area contributed by atoms with Gasteiger partial charge in [-0.05, 0) is 75.6 Å². The summed E-state index contributed by atoms with van der Waals surface area (Å²) in [6.07, 6.45) is 0. The highest BCUT2D eigenvalue weighted by Gasteiger charge is 2.35. The first-order chi connectivity index (χ1) is 15.0. The highest BCUT2D eigenvalue weighted by molar-refractivity contribution is 9.10. The molecule has 4 rings (SSSR count). The number of hydrogen-bond acceptors (Lipinski definition) is 4. The van der Waals surface area contributed by atoms with Crippen LogP contribution in [-0.4, -0.2) is 18.8 Å². The number of halogens is 3. The van der Waals surface area contributed by atoms with Crippen LogP contribution < -0.4 is 14.4 Å². The highest BCUT2D eigenvalue weighted by atomic mass is 79.9. The van der Waals surface area contributed by atoms with E-state index < -0.39 is 0 Å². The maximum Gasteiger partial charge on any atom is 0.238 e. The molecule has 3 aromatic carbocycles. The summed E-state index contributed by atoms with van der Waals surface area (Å²) < 4.78 is 12.4. The summed E-state index contributed by atoms with van der Waals surface area (Å²) in [6, 6.07) is 18.7. The van der Waals surface area contributed by atoms with Crippen LogP contribution in [0.5, 0.6) is 11.5 Å². The van der Waals surface area contributed by atoms with Crippen LogP contribution in [0.1, 0.15) is 16.5 Å². The van der Waals surface area contributed by atoms with Gasteiger partial charge in [0.25, 0.3) is 0 Å². The lowest BCUT2D eigenvalue weighted by Gasteiger charge is -2.25. The number of anilines is 1. The molecule has 1 amide bonds. The van der Waals surface area contributed by atoms with E-state index in [-0.39, 0.29) is 11.3 Å². The quantitative estimate of drug-likeness (QED) is 0.335. The summed E-state index contributed by atoms with van der Waals surface area (Å²) in [6.45, 7) is 0.350. The molecule has 0 bridgehead atoms. The third kappa shape index (κ3) is 4.98. The molecule has 0 saturated carbocycles. The number of thioether (sulfide) groups is 1. The predicted molar refractivity (Wildman–Crippen MR) is 131 cm³/mol. The third-order valence-corrected chi connectivity index (χ3v) is 7.07. The number of amides is 1. The average molecular weight is 539 g/mol. The smallest absolute Gasteiger partial charge is 0.238 e. The summed E-state index contributed by atoms with van der Waals surface area (Å²) in [5, 5.41) is 1.11. The zero-order valence-corrected chi connectivity index (χ0v) is 20.4. The summed E-state index contributed by atoms with van der Waals surface area (Å²) in [7, 11) is 1.60. The summed E-state index contributed by atoms with van der Waals surface area (Å²) in [4.78, 5) is 14.4. The van der Waals surface area contributed by atoms with Crippen LogP contribution in [0.3, 0.4) is 0 Å². The molecule has 1 fully saturated rings. The molecule has 8 heteroatoms. The van der Waals surface area contributed by atoms with Gasteiger partial charge in [-0.3, -0.25) is 9.69 Å². The van der Waals surface area contributed by atoms with Gasteiger partial charge in [-0.15, -0.1) is 11.8 Å². The normalized spacial score (nSPS) is 15.9. The lowest BCUT2D eigenvalue weighted by Crippen LogP contribution is -2.27. The second kappa shape index (κ2) is 9.74. The molecule has 160 valence electrons. The number of ether oxygens (including phenoxy) is 2. The Bertz CT molecular complexity index is 1110. The van der Waals surface area contributed by atoms with Crippen molar-refractivity contribution < 1.29 is 14.3 Å². The Morgan fingerprint density at radius 3 is 2.58 bits per heavy atom. The lowest BCUT2D eigenvalue weighted by molar-refractivity contribution is -0.115. The molecule has 3 aromatic rings. The SMILES string of the molecule is COc1cc([C@@H]2SCC(=O)N2c2ccc(Cl)cc2)cc(Br)c1OCc1cccc(Cl)c1. The Morgan fingerprint density at radius 2 is 1.87 bits per heavy atom. The van der Waals surface area contributed by atoms with Crippen LogP contribution in [0.2, 0.25) is 10.0 Å². The van der Waals surface area contributed by atoms with Crippen LogP contribution >= 0.6 is 50.9 Å². The van der Waals surface area contributed by atoms with E-state index in [1.165, 1.54) is 0 Å². The minimum Gasteiger partial charge on any atom is -0.493 e. The van der Waals surface area contributed by atoms with E-state index in [0.717, 1.165) is 21.3 Å². The number of hydrogen-bond donors (Lipinski definition) is 0. The van der Waals surface area contributed by atoms with Gasteiger partial charge in [0.2, 0.25) is 5.91 Å². The minimum atomic E-state index is -0.180. The Kier molecular flexibility index (Phi) is 7.02. The minimum absolute atomic E-state index is 0.0497. The van der Waals surface area contributed by atoms with E-state index in [1.54, 1.807) is 35.9 Å². The van der Waals surface area contributed by atoms with Crippen molar-refractivity contribution in [1.29, 1.82) is 0 Å². The van der Waals surface area contributed by atoms with Gasteiger partial charge >= 0.3 is 0 Å². The molecule has 0 unspecified atom stereocenters. The van der Waals surface area contributed by atoms with Crippen LogP contribution in [0.25, 0.3) is 0 Å². The van der Waals surface area contributed by atoms with Crippen molar-refractivity contribution in [3.63, 3.8) is 0 Å². The van der Waals surface area contributed by atoms with E-state index in [2.05, 4.69) is 15.9 Å². The molecule has 4 nitrogen and oxygen atoms in total. The molecule has 1 aliphatic rings. The number of nitrogens with zero attached hydrogens (tertiary/aromatic N) is 1. The topological polar surface area (TPSA) is 38.8 Å². The predicted octanol–water partition coefficient (Wildman–Crippen LogP) is 7.12. The van der Waals surface area contributed by atoms with Crippen molar-refractivity contribution in [2.24, 2.45) is 0 Å². The van der Waals surface area contributed by atoms with Gasteiger partial charge < -0.3 is 9.47 Å². The monoisotopic (exact) mass is 537 g/mol. The van der Waals surface area contributed by atoms with E-state index in [1.807, 2.05) is 48.5 Å². The molecular formula is C23H18BrCl2NO3S. The number of benzene rings is 3. The number of rotatable bonds is 6. The van der Waals surface area contributed by atoms with E-state index in [0.29, 0.717) is 33.9 Å². The molecular weight excluding hydrogens is 521 g/mol. The summed E-state index contributed by atoms with van der Waals surface area (Å²) >= 11 is 17.3.